The predicted molar refractivity (Wildman–Crippen MR) is 80.5 cm³/mol. The Bertz CT molecular complexity index is 676. The molecule has 5 nitrogen and oxygen atoms in total. The standard InChI is InChI=1S/C13H14ClN3O2S/c1-8-9(2)20-13(19)17(8)6-5-12(18)16-10-3-4-11(14)15-7-10/h3-4,7H,5-6H2,1-2H3,(H,16,18). The smallest absolute Gasteiger partial charge is 0.307 e. The summed E-state index contributed by atoms with van der Waals surface area (Å²) < 4.78 is 1.62. The van der Waals surface area contributed by atoms with Crippen LogP contribution >= 0.6 is 22.9 Å². The molecular weight excluding hydrogens is 298 g/mol. The number of hydrogen-bond acceptors (Lipinski definition) is 4. The summed E-state index contributed by atoms with van der Waals surface area (Å²) in [4.78, 5) is 28.3. The SMILES string of the molecule is Cc1sc(=O)n(CCC(=O)Nc2ccc(Cl)nc2)c1C. The molecule has 2 rings (SSSR count). The first-order chi connectivity index (χ1) is 9.47. The number of rotatable bonds is 4. The number of aryl methyl sites for hydroxylation is 1. The lowest BCUT2D eigenvalue weighted by Gasteiger charge is -2.06. The average Bonchev–Trinajstić information content (AvgIpc) is 2.64. The molecule has 1 amide bonds. The van der Waals surface area contributed by atoms with Crippen molar-refractivity contribution >= 4 is 34.5 Å². The van der Waals surface area contributed by atoms with Crippen LogP contribution in [0.1, 0.15) is 17.0 Å². The summed E-state index contributed by atoms with van der Waals surface area (Å²) in [5.74, 6) is -0.163. The van der Waals surface area contributed by atoms with Crippen molar-refractivity contribution in [1.82, 2.24) is 9.55 Å². The highest BCUT2D eigenvalue weighted by Crippen LogP contribution is 2.12. The molecule has 1 N–H and O–H groups in total. The fraction of sp³-hybridized carbons (Fsp3) is 0.308. The van der Waals surface area contributed by atoms with Gasteiger partial charge in [-0.15, -0.1) is 0 Å². The van der Waals surface area contributed by atoms with Crippen molar-refractivity contribution in [3.63, 3.8) is 0 Å². The van der Waals surface area contributed by atoms with Crippen molar-refractivity contribution in [2.45, 2.75) is 26.8 Å². The lowest BCUT2D eigenvalue weighted by Crippen LogP contribution is -2.20. The van der Waals surface area contributed by atoms with E-state index in [0.717, 1.165) is 10.6 Å². The summed E-state index contributed by atoms with van der Waals surface area (Å²) in [5, 5.41) is 3.09. The average molecular weight is 312 g/mol. The number of aromatic nitrogens is 2. The van der Waals surface area contributed by atoms with E-state index in [2.05, 4.69) is 10.3 Å². The molecule has 0 aromatic carbocycles. The molecular formula is C13H14ClN3O2S. The molecule has 0 fully saturated rings. The van der Waals surface area contributed by atoms with Gasteiger partial charge in [-0.2, -0.15) is 0 Å². The number of nitrogens with one attached hydrogen (secondary N) is 1. The molecule has 106 valence electrons. The second-order valence-electron chi connectivity index (χ2n) is 4.33. The molecule has 0 atom stereocenters. The summed E-state index contributed by atoms with van der Waals surface area (Å²) >= 11 is 6.87. The molecule has 7 heteroatoms. The first kappa shape index (κ1) is 14.7. The normalized spacial score (nSPS) is 10.6. The molecule has 0 aliphatic rings. The Morgan fingerprint density at radius 3 is 2.75 bits per heavy atom. The van der Waals surface area contributed by atoms with Gasteiger partial charge in [-0.1, -0.05) is 22.9 Å². The van der Waals surface area contributed by atoms with Gasteiger partial charge in [-0.25, -0.2) is 4.98 Å². The molecule has 0 spiro atoms. The van der Waals surface area contributed by atoms with Gasteiger partial charge in [-0.3, -0.25) is 9.59 Å². The first-order valence-corrected chi connectivity index (χ1v) is 7.25. The maximum Gasteiger partial charge on any atom is 0.307 e. The summed E-state index contributed by atoms with van der Waals surface area (Å²) in [6.45, 7) is 4.16. The van der Waals surface area contributed by atoms with E-state index in [1.807, 2.05) is 13.8 Å². The third kappa shape index (κ3) is 3.46. The highest BCUT2D eigenvalue weighted by Gasteiger charge is 2.09. The van der Waals surface area contributed by atoms with Crippen LogP contribution in [0, 0.1) is 13.8 Å². The predicted octanol–water partition coefficient (Wildman–Crippen LogP) is 2.60. The molecule has 2 aromatic heterocycles. The zero-order valence-corrected chi connectivity index (χ0v) is 12.7. The second kappa shape index (κ2) is 6.19. The van der Waals surface area contributed by atoms with E-state index in [1.165, 1.54) is 17.5 Å². The lowest BCUT2D eigenvalue weighted by atomic mass is 10.3. The van der Waals surface area contributed by atoms with Gasteiger partial charge in [-0.05, 0) is 26.0 Å². The Morgan fingerprint density at radius 1 is 1.45 bits per heavy atom. The van der Waals surface area contributed by atoms with Crippen molar-refractivity contribution in [2.75, 3.05) is 5.32 Å². The molecule has 20 heavy (non-hydrogen) atoms. The van der Waals surface area contributed by atoms with Crippen molar-refractivity contribution in [3.05, 3.63) is 43.7 Å². The van der Waals surface area contributed by atoms with Gasteiger partial charge in [0.15, 0.2) is 0 Å². The van der Waals surface area contributed by atoms with Crippen LogP contribution in [0.2, 0.25) is 5.15 Å². The van der Waals surface area contributed by atoms with Crippen LogP contribution in [-0.4, -0.2) is 15.5 Å². The lowest BCUT2D eigenvalue weighted by molar-refractivity contribution is -0.116. The molecule has 0 radical (unpaired) electrons. The van der Waals surface area contributed by atoms with Crippen molar-refractivity contribution in [3.8, 4) is 0 Å². The number of carbonyl (C=O) groups is 1. The summed E-state index contributed by atoms with van der Waals surface area (Å²) in [6.07, 6.45) is 1.73. The number of nitrogens with zero attached hydrogens (tertiary/aromatic N) is 2. The highest BCUT2D eigenvalue weighted by molar-refractivity contribution is 7.09. The summed E-state index contributed by atoms with van der Waals surface area (Å²) in [7, 11) is 0. The third-order valence-corrected chi connectivity index (χ3v) is 4.17. The van der Waals surface area contributed by atoms with Gasteiger partial charge >= 0.3 is 4.87 Å². The van der Waals surface area contributed by atoms with E-state index >= 15 is 0 Å². The van der Waals surface area contributed by atoms with Crippen molar-refractivity contribution in [1.29, 1.82) is 0 Å². The van der Waals surface area contributed by atoms with Crippen LogP contribution in [0.25, 0.3) is 0 Å². The van der Waals surface area contributed by atoms with Crippen LogP contribution in [0.5, 0.6) is 0 Å². The summed E-state index contributed by atoms with van der Waals surface area (Å²) in [5.41, 5.74) is 1.51. The number of amides is 1. The van der Waals surface area contributed by atoms with Gasteiger partial charge in [0.05, 0.1) is 11.9 Å². The Hall–Kier alpha value is -1.66. The zero-order chi connectivity index (χ0) is 14.7. The Kier molecular flexibility index (Phi) is 4.57. The van der Waals surface area contributed by atoms with Crippen LogP contribution in [0.4, 0.5) is 5.69 Å². The van der Waals surface area contributed by atoms with Gasteiger partial charge in [0.1, 0.15) is 5.15 Å². The van der Waals surface area contributed by atoms with Crippen molar-refractivity contribution < 1.29 is 4.79 Å². The molecule has 0 aliphatic carbocycles. The maximum atomic E-state index is 11.8. The van der Waals surface area contributed by atoms with Crippen LogP contribution in [-0.2, 0) is 11.3 Å². The number of halogens is 1. The number of hydrogen-bond donors (Lipinski definition) is 1. The number of pyridine rings is 1. The molecule has 2 heterocycles. The van der Waals surface area contributed by atoms with Gasteiger partial charge in [0.2, 0.25) is 5.91 Å². The van der Waals surface area contributed by atoms with Gasteiger partial charge in [0.25, 0.3) is 0 Å². The Morgan fingerprint density at radius 2 is 2.20 bits per heavy atom. The minimum absolute atomic E-state index is 0.0269. The van der Waals surface area contributed by atoms with Crippen LogP contribution < -0.4 is 10.2 Å². The number of carbonyl (C=O) groups excluding carboxylic acids is 1. The molecule has 0 aliphatic heterocycles. The van der Waals surface area contributed by atoms with Gasteiger partial charge in [0, 0.05) is 23.5 Å². The van der Waals surface area contributed by atoms with Gasteiger partial charge < -0.3 is 9.88 Å². The zero-order valence-electron chi connectivity index (χ0n) is 11.1. The topological polar surface area (TPSA) is 64.0 Å². The summed E-state index contributed by atoms with van der Waals surface area (Å²) in [6, 6.07) is 3.29. The molecule has 0 unspecified atom stereocenters. The highest BCUT2D eigenvalue weighted by atomic mass is 35.5. The van der Waals surface area contributed by atoms with Crippen LogP contribution in [0.3, 0.4) is 0 Å². The Labute approximate surface area is 125 Å². The van der Waals surface area contributed by atoms with E-state index in [-0.39, 0.29) is 17.2 Å². The Balaban J connectivity index is 1.95. The fourth-order valence-electron chi connectivity index (χ4n) is 1.73. The second-order valence-corrected chi connectivity index (χ2v) is 5.88. The minimum Gasteiger partial charge on any atom is -0.325 e. The maximum absolute atomic E-state index is 11.8. The molecule has 2 aromatic rings. The van der Waals surface area contributed by atoms with Crippen LogP contribution in [0.15, 0.2) is 23.1 Å². The van der Waals surface area contributed by atoms with E-state index in [9.17, 15) is 9.59 Å². The number of thiazole rings is 1. The molecule has 0 saturated carbocycles. The molecule has 0 saturated heterocycles. The third-order valence-electron chi connectivity index (χ3n) is 2.95. The quantitative estimate of drug-likeness (QED) is 0.883. The monoisotopic (exact) mass is 311 g/mol. The van der Waals surface area contributed by atoms with E-state index < -0.39 is 0 Å². The number of anilines is 1. The first-order valence-electron chi connectivity index (χ1n) is 6.05. The van der Waals surface area contributed by atoms with E-state index in [4.69, 9.17) is 11.6 Å². The van der Waals surface area contributed by atoms with E-state index in [0.29, 0.717) is 17.4 Å². The van der Waals surface area contributed by atoms with Crippen molar-refractivity contribution in [2.24, 2.45) is 0 Å². The largest absolute Gasteiger partial charge is 0.325 e. The minimum atomic E-state index is -0.163. The fourth-order valence-corrected chi connectivity index (χ4v) is 2.70. The van der Waals surface area contributed by atoms with E-state index in [1.54, 1.807) is 16.7 Å². The molecule has 0 bridgehead atoms.